The van der Waals surface area contributed by atoms with Crippen molar-refractivity contribution in [3.05, 3.63) is 75.1 Å². The van der Waals surface area contributed by atoms with Crippen molar-refractivity contribution in [2.75, 3.05) is 7.11 Å². The SMILES string of the molecule is COc1ccc2c(=O)c3c(oc2c1)C(=O)c1ccccc1C3=O. The third kappa shape index (κ3) is 1.76. The molecule has 5 nitrogen and oxygen atoms in total. The van der Waals surface area contributed by atoms with Crippen LogP contribution in [0, 0.1) is 0 Å². The fourth-order valence-electron chi connectivity index (χ4n) is 2.80. The van der Waals surface area contributed by atoms with Crippen molar-refractivity contribution in [1.29, 1.82) is 0 Å². The molecule has 2 aromatic carbocycles. The highest BCUT2D eigenvalue weighted by molar-refractivity contribution is 6.27. The highest BCUT2D eigenvalue weighted by Gasteiger charge is 2.34. The summed E-state index contributed by atoms with van der Waals surface area (Å²) in [6, 6.07) is 11.1. The first-order chi connectivity index (χ1) is 11.1. The van der Waals surface area contributed by atoms with Gasteiger partial charge in [0.25, 0.3) is 0 Å². The zero-order chi connectivity index (χ0) is 16.1. The monoisotopic (exact) mass is 306 g/mol. The molecule has 3 aromatic rings. The van der Waals surface area contributed by atoms with Gasteiger partial charge in [-0.2, -0.15) is 0 Å². The smallest absolute Gasteiger partial charge is 0.229 e. The Balaban J connectivity index is 2.10. The van der Waals surface area contributed by atoms with Crippen molar-refractivity contribution in [2.24, 2.45) is 0 Å². The van der Waals surface area contributed by atoms with E-state index in [1.54, 1.807) is 24.3 Å². The second-order valence-electron chi connectivity index (χ2n) is 5.20. The molecule has 0 radical (unpaired) electrons. The van der Waals surface area contributed by atoms with Gasteiger partial charge in [0.15, 0.2) is 5.76 Å². The van der Waals surface area contributed by atoms with Gasteiger partial charge < -0.3 is 9.15 Å². The van der Waals surface area contributed by atoms with Crippen LogP contribution in [0.3, 0.4) is 0 Å². The fourth-order valence-corrected chi connectivity index (χ4v) is 2.80. The molecule has 0 spiro atoms. The van der Waals surface area contributed by atoms with Crippen LogP contribution in [0.5, 0.6) is 5.75 Å². The van der Waals surface area contributed by atoms with Gasteiger partial charge in [0.2, 0.25) is 17.0 Å². The van der Waals surface area contributed by atoms with Crippen LogP contribution in [0.25, 0.3) is 11.0 Å². The Bertz CT molecular complexity index is 1060. The van der Waals surface area contributed by atoms with E-state index in [4.69, 9.17) is 9.15 Å². The molecule has 0 amide bonds. The number of ketones is 2. The van der Waals surface area contributed by atoms with Crippen LogP contribution >= 0.6 is 0 Å². The molecule has 0 saturated carbocycles. The van der Waals surface area contributed by atoms with Crippen molar-refractivity contribution in [1.82, 2.24) is 0 Å². The van der Waals surface area contributed by atoms with Crippen LogP contribution in [0.2, 0.25) is 0 Å². The third-order valence-electron chi connectivity index (χ3n) is 3.95. The van der Waals surface area contributed by atoms with E-state index in [-0.39, 0.29) is 33.4 Å². The van der Waals surface area contributed by atoms with Crippen molar-refractivity contribution in [3.8, 4) is 5.75 Å². The molecule has 0 atom stereocenters. The van der Waals surface area contributed by atoms with E-state index in [2.05, 4.69) is 0 Å². The number of hydrogen-bond donors (Lipinski definition) is 0. The van der Waals surface area contributed by atoms with Gasteiger partial charge in [-0.05, 0) is 12.1 Å². The Hall–Kier alpha value is -3.21. The van der Waals surface area contributed by atoms with Crippen LogP contribution in [-0.4, -0.2) is 18.7 Å². The Labute approximate surface area is 130 Å². The third-order valence-corrected chi connectivity index (χ3v) is 3.95. The molecule has 0 N–H and O–H groups in total. The molecular formula is C18H10O5. The second kappa shape index (κ2) is 4.64. The molecule has 0 unspecified atom stereocenters. The first-order valence-electron chi connectivity index (χ1n) is 6.95. The Morgan fingerprint density at radius 3 is 2.30 bits per heavy atom. The summed E-state index contributed by atoms with van der Waals surface area (Å²) in [5, 5.41) is 0.241. The van der Waals surface area contributed by atoms with Gasteiger partial charge >= 0.3 is 0 Å². The normalized spacial score (nSPS) is 12.9. The van der Waals surface area contributed by atoms with Gasteiger partial charge in [0.1, 0.15) is 16.9 Å². The molecular weight excluding hydrogens is 296 g/mol. The zero-order valence-corrected chi connectivity index (χ0v) is 12.1. The quantitative estimate of drug-likeness (QED) is 0.540. The van der Waals surface area contributed by atoms with Gasteiger partial charge in [0.05, 0.1) is 12.5 Å². The average molecular weight is 306 g/mol. The van der Waals surface area contributed by atoms with Gasteiger partial charge in [0, 0.05) is 17.2 Å². The number of rotatable bonds is 1. The number of carbonyl (C=O) groups excluding carboxylic acids is 2. The number of hydrogen-bond acceptors (Lipinski definition) is 5. The van der Waals surface area contributed by atoms with E-state index in [1.165, 1.54) is 25.3 Å². The first kappa shape index (κ1) is 13.5. The van der Waals surface area contributed by atoms with E-state index in [0.29, 0.717) is 5.75 Å². The van der Waals surface area contributed by atoms with E-state index < -0.39 is 17.0 Å². The number of ether oxygens (including phenoxy) is 1. The van der Waals surface area contributed by atoms with Crippen LogP contribution in [-0.2, 0) is 0 Å². The minimum Gasteiger partial charge on any atom is -0.497 e. The standard InChI is InChI=1S/C18H10O5/c1-22-9-6-7-12-13(8-9)23-18-14(16(12)20)15(19)10-4-2-3-5-11(10)17(18)21/h2-8H,1H3. The summed E-state index contributed by atoms with van der Waals surface area (Å²) in [4.78, 5) is 37.9. The van der Waals surface area contributed by atoms with E-state index in [9.17, 15) is 14.4 Å². The lowest BCUT2D eigenvalue weighted by molar-refractivity contribution is 0.0957. The maximum atomic E-state index is 12.7. The molecule has 1 aromatic heterocycles. The van der Waals surface area contributed by atoms with Gasteiger partial charge in [-0.1, -0.05) is 24.3 Å². The average Bonchev–Trinajstić information content (AvgIpc) is 2.59. The van der Waals surface area contributed by atoms with Crippen molar-refractivity contribution < 1.29 is 18.7 Å². The molecule has 23 heavy (non-hydrogen) atoms. The lowest BCUT2D eigenvalue weighted by atomic mass is 9.87. The first-order valence-corrected chi connectivity index (χ1v) is 6.95. The Morgan fingerprint density at radius 1 is 0.913 bits per heavy atom. The predicted octanol–water partition coefficient (Wildman–Crippen LogP) is 2.58. The van der Waals surface area contributed by atoms with Gasteiger partial charge in [-0.25, -0.2) is 0 Å². The van der Waals surface area contributed by atoms with Crippen LogP contribution in [0.1, 0.15) is 32.0 Å². The lowest BCUT2D eigenvalue weighted by Crippen LogP contribution is -2.28. The summed E-state index contributed by atoms with van der Waals surface area (Å²) in [6.07, 6.45) is 0. The minimum absolute atomic E-state index is 0.202. The summed E-state index contributed by atoms with van der Waals surface area (Å²) in [6.45, 7) is 0. The summed E-state index contributed by atoms with van der Waals surface area (Å²) in [5.74, 6) is -0.659. The van der Waals surface area contributed by atoms with E-state index in [0.717, 1.165) is 0 Å². The van der Waals surface area contributed by atoms with Gasteiger partial charge in [-0.15, -0.1) is 0 Å². The highest BCUT2D eigenvalue weighted by atomic mass is 16.5. The largest absolute Gasteiger partial charge is 0.497 e. The minimum atomic E-state index is -0.503. The molecule has 1 aliphatic rings. The van der Waals surface area contributed by atoms with Crippen molar-refractivity contribution in [3.63, 3.8) is 0 Å². The van der Waals surface area contributed by atoms with Crippen LogP contribution in [0.4, 0.5) is 0 Å². The van der Waals surface area contributed by atoms with E-state index in [1.807, 2.05) is 0 Å². The molecule has 0 saturated heterocycles. The number of benzene rings is 2. The van der Waals surface area contributed by atoms with Crippen LogP contribution < -0.4 is 10.2 Å². The second-order valence-corrected chi connectivity index (χ2v) is 5.20. The number of fused-ring (bicyclic) bond motifs is 3. The highest BCUT2D eigenvalue weighted by Crippen LogP contribution is 2.29. The molecule has 0 aliphatic heterocycles. The molecule has 0 fully saturated rings. The molecule has 112 valence electrons. The molecule has 4 rings (SSSR count). The fraction of sp³-hybridized carbons (Fsp3) is 0.0556. The number of carbonyl (C=O) groups is 2. The molecule has 1 aliphatic carbocycles. The van der Waals surface area contributed by atoms with Crippen molar-refractivity contribution >= 4 is 22.5 Å². The predicted molar refractivity (Wildman–Crippen MR) is 82.3 cm³/mol. The molecule has 5 heteroatoms. The summed E-state index contributed by atoms with van der Waals surface area (Å²) >= 11 is 0. The molecule has 0 bridgehead atoms. The van der Waals surface area contributed by atoms with Crippen LogP contribution in [0.15, 0.2) is 51.7 Å². The zero-order valence-electron chi connectivity index (χ0n) is 12.1. The van der Waals surface area contributed by atoms with E-state index >= 15 is 0 Å². The van der Waals surface area contributed by atoms with Crippen molar-refractivity contribution in [2.45, 2.75) is 0 Å². The Kier molecular flexibility index (Phi) is 2.72. The maximum absolute atomic E-state index is 12.7. The Morgan fingerprint density at radius 2 is 1.61 bits per heavy atom. The van der Waals surface area contributed by atoms with Gasteiger partial charge in [-0.3, -0.25) is 14.4 Å². The summed E-state index contributed by atoms with van der Waals surface area (Å²) < 4.78 is 10.7. The topological polar surface area (TPSA) is 73.6 Å². The maximum Gasteiger partial charge on any atom is 0.229 e. The lowest BCUT2D eigenvalue weighted by Gasteiger charge is -2.16. The molecule has 1 heterocycles. The number of methoxy groups -OCH3 is 1. The summed E-state index contributed by atoms with van der Waals surface area (Å²) in [7, 11) is 1.49. The summed E-state index contributed by atoms with van der Waals surface area (Å²) in [5.41, 5.74) is -0.0164.